The number of nitriles is 3. The number of aromatic nitrogens is 5. The molecular weight excluding hydrogens is 1190 g/mol. The van der Waals surface area contributed by atoms with E-state index in [1.54, 1.807) is 0 Å². The van der Waals surface area contributed by atoms with Gasteiger partial charge in [-0.25, -0.2) is 15.0 Å². The molecule has 8 heteroatoms. The molecule has 0 radical (unpaired) electrons. The Labute approximate surface area is 566 Å². The second-order valence-corrected chi connectivity index (χ2v) is 24.4. The lowest BCUT2D eigenvalue weighted by Gasteiger charge is -2.19. The summed E-state index contributed by atoms with van der Waals surface area (Å²) in [5.41, 5.74) is 23.2. The zero-order valence-corrected chi connectivity index (χ0v) is 52.8. The van der Waals surface area contributed by atoms with E-state index < -0.39 is 0 Å². The molecule has 17 aromatic rings. The van der Waals surface area contributed by atoms with Crippen LogP contribution in [0.2, 0.25) is 0 Å². The van der Waals surface area contributed by atoms with E-state index in [1.165, 1.54) is 0 Å². The number of benzene rings is 14. The van der Waals surface area contributed by atoms with Crippen molar-refractivity contribution in [2.45, 2.75) is 0 Å². The van der Waals surface area contributed by atoms with Gasteiger partial charge in [-0.3, -0.25) is 0 Å². The molecular formula is C90H54N8. The van der Waals surface area contributed by atoms with E-state index in [0.29, 0.717) is 34.2 Å². The van der Waals surface area contributed by atoms with Gasteiger partial charge in [-0.05, 0) is 175 Å². The molecule has 0 spiro atoms. The highest BCUT2D eigenvalue weighted by Crippen LogP contribution is 2.45. The van der Waals surface area contributed by atoms with Crippen LogP contribution in [-0.2, 0) is 0 Å². The highest BCUT2D eigenvalue weighted by molar-refractivity contribution is 6.14. The van der Waals surface area contributed by atoms with Crippen molar-refractivity contribution >= 4 is 43.6 Å². The van der Waals surface area contributed by atoms with Gasteiger partial charge in [-0.15, -0.1) is 0 Å². The summed E-state index contributed by atoms with van der Waals surface area (Å²) in [7, 11) is 0. The molecule has 8 nitrogen and oxygen atoms in total. The van der Waals surface area contributed by atoms with E-state index in [-0.39, 0.29) is 0 Å². The summed E-state index contributed by atoms with van der Waals surface area (Å²) in [6.07, 6.45) is 0. The Balaban J connectivity index is 0.959. The lowest BCUT2D eigenvalue weighted by Crippen LogP contribution is -2.06. The van der Waals surface area contributed by atoms with Crippen LogP contribution in [0.4, 0.5) is 0 Å². The molecule has 0 unspecified atom stereocenters. The molecule has 17 rings (SSSR count). The number of hydrogen-bond acceptors (Lipinski definition) is 6. The zero-order valence-electron chi connectivity index (χ0n) is 52.8. The van der Waals surface area contributed by atoms with Gasteiger partial charge < -0.3 is 9.13 Å². The Morgan fingerprint density at radius 2 is 0.520 bits per heavy atom. The van der Waals surface area contributed by atoms with E-state index in [4.69, 9.17) is 15.0 Å². The molecule has 0 atom stereocenters. The summed E-state index contributed by atoms with van der Waals surface area (Å²) < 4.78 is 4.65. The maximum atomic E-state index is 10.7. The molecule has 0 amide bonds. The van der Waals surface area contributed by atoms with Crippen LogP contribution in [0.15, 0.2) is 328 Å². The van der Waals surface area contributed by atoms with Gasteiger partial charge in [-0.2, -0.15) is 15.8 Å². The van der Waals surface area contributed by atoms with Crippen LogP contribution in [-0.4, -0.2) is 24.1 Å². The Kier molecular flexibility index (Phi) is 14.5. The van der Waals surface area contributed by atoms with Gasteiger partial charge >= 0.3 is 0 Å². The van der Waals surface area contributed by atoms with Crippen molar-refractivity contribution in [2.75, 3.05) is 0 Å². The fraction of sp³-hybridized carbons (Fsp3) is 0. The average Bonchev–Trinajstić information content (AvgIpc) is 1.56. The quantitative estimate of drug-likeness (QED) is 0.120. The standard InChI is InChI=1S/C90H54N8/c91-55-58-18-17-29-65(48-58)63-32-34-64(35-33-63)88-94-89(76-42-36-70(74-30-15-13-27-72(74)56-92)53-86(76)97-82-44-38-66(59-19-5-1-6-20-59)49-78(82)79-50-67(39-45-83(79)97)60-21-7-2-8-22-60)96-90(95-88)77-43-37-71(75-31-16-14-28-73(75)57-93)54-87(77)98-84-46-40-68(61-23-9-3-10-24-61)51-80(84)81-52-69(41-47-85(81)98)62-25-11-4-12-26-62/h1-54H. The molecule has 0 saturated carbocycles. The van der Waals surface area contributed by atoms with Crippen molar-refractivity contribution < 1.29 is 0 Å². The smallest absolute Gasteiger partial charge is 0.166 e. The highest BCUT2D eigenvalue weighted by atomic mass is 15.1. The van der Waals surface area contributed by atoms with E-state index in [1.807, 2.05) is 121 Å². The Hall–Kier alpha value is -13.8. The average molecular weight is 1250 g/mol. The predicted octanol–water partition coefficient (Wildman–Crippen LogP) is 22.4. The van der Waals surface area contributed by atoms with Crippen molar-refractivity contribution in [2.24, 2.45) is 0 Å². The molecule has 0 N–H and O–H groups in total. The molecule has 0 aliphatic carbocycles. The van der Waals surface area contributed by atoms with E-state index >= 15 is 0 Å². The summed E-state index contributed by atoms with van der Waals surface area (Å²) >= 11 is 0. The van der Waals surface area contributed by atoms with Crippen LogP contribution in [0.5, 0.6) is 0 Å². The van der Waals surface area contributed by atoms with Gasteiger partial charge in [0.05, 0.1) is 68.3 Å². The van der Waals surface area contributed by atoms with Crippen LogP contribution < -0.4 is 0 Å². The minimum Gasteiger partial charge on any atom is -0.308 e. The number of nitrogens with zero attached hydrogens (tertiary/aromatic N) is 8. The van der Waals surface area contributed by atoms with Gasteiger partial charge in [0.1, 0.15) is 0 Å². The second-order valence-electron chi connectivity index (χ2n) is 24.4. The van der Waals surface area contributed by atoms with E-state index in [9.17, 15) is 15.8 Å². The third kappa shape index (κ3) is 10.4. The first-order chi connectivity index (χ1) is 48.4. The largest absolute Gasteiger partial charge is 0.308 e. The Bertz CT molecular complexity index is 5610. The summed E-state index contributed by atoms with van der Waals surface area (Å²) in [5.74, 6) is 1.26. The first kappa shape index (κ1) is 58.0. The molecule has 0 aliphatic rings. The molecule has 3 aromatic heterocycles. The lowest BCUT2D eigenvalue weighted by molar-refractivity contribution is 1.06. The van der Waals surface area contributed by atoms with Crippen molar-refractivity contribution in [3.8, 4) is 142 Å². The fourth-order valence-corrected chi connectivity index (χ4v) is 13.9. The fourth-order valence-electron chi connectivity index (χ4n) is 13.9. The van der Waals surface area contributed by atoms with Crippen LogP contribution in [0.1, 0.15) is 16.7 Å². The van der Waals surface area contributed by atoms with Gasteiger partial charge in [-0.1, -0.05) is 231 Å². The first-order valence-electron chi connectivity index (χ1n) is 32.5. The van der Waals surface area contributed by atoms with Gasteiger partial charge in [0, 0.05) is 38.2 Å². The summed E-state index contributed by atoms with van der Waals surface area (Å²) in [5, 5.41) is 35.6. The second kappa shape index (κ2) is 24.6. The summed E-state index contributed by atoms with van der Waals surface area (Å²) in [6.45, 7) is 0. The predicted molar refractivity (Wildman–Crippen MR) is 397 cm³/mol. The third-order valence-corrected chi connectivity index (χ3v) is 18.7. The molecule has 3 heterocycles. The van der Waals surface area contributed by atoms with Gasteiger partial charge in [0.2, 0.25) is 0 Å². The molecule has 0 saturated heterocycles. The summed E-state index contributed by atoms with van der Waals surface area (Å²) in [4.78, 5) is 16.9. The Morgan fingerprint density at radius 1 is 0.214 bits per heavy atom. The van der Waals surface area contributed by atoms with Gasteiger partial charge in [0.25, 0.3) is 0 Å². The minimum atomic E-state index is 0.412. The molecule has 14 aromatic carbocycles. The van der Waals surface area contributed by atoms with Crippen molar-refractivity contribution in [1.82, 2.24) is 24.1 Å². The maximum Gasteiger partial charge on any atom is 0.166 e. The van der Waals surface area contributed by atoms with Crippen molar-refractivity contribution in [3.05, 3.63) is 344 Å². The normalized spacial score (nSPS) is 11.2. The topological polar surface area (TPSA) is 120 Å². The number of fused-ring (bicyclic) bond motifs is 6. The van der Waals surface area contributed by atoms with Crippen LogP contribution >= 0.6 is 0 Å². The molecule has 454 valence electrons. The molecule has 0 fully saturated rings. The lowest BCUT2D eigenvalue weighted by atomic mass is 9.97. The van der Waals surface area contributed by atoms with E-state index in [0.717, 1.165) is 150 Å². The highest BCUT2D eigenvalue weighted by Gasteiger charge is 2.26. The first-order valence-corrected chi connectivity index (χ1v) is 32.5. The van der Waals surface area contributed by atoms with Crippen LogP contribution in [0.25, 0.3) is 167 Å². The summed E-state index contributed by atoms with van der Waals surface area (Å²) in [6, 6.07) is 120. The number of hydrogen-bond donors (Lipinski definition) is 0. The number of rotatable bonds is 12. The zero-order chi connectivity index (χ0) is 65.6. The Morgan fingerprint density at radius 3 is 0.898 bits per heavy atom. The van der Waals surface area contributed by atoms with Crippen LogP contribution in [0.3, 0.4) is 0 Å². The van der Waals surface area contributed by atoms with Gasteiger partial charge in [0.15, 0.2) is 17.5 Å². The SMILES string of the molecule is N#Cc1cccc(-c2ccc(-c3nc(-c4ccc(-c5ccccc5C#N)cc4-n4c5ccc(-c6ccccc6)cc5c5cc(-c6ccccc6)ccc54)nc(-c4ccc(-c5ccccc5C#N)cc4-n4c5ccc(-c6ccccc6)cc5c5cc(-c6ccccc6)ccc54)n3)cc2)c1. The molecule has 0 aliphatic heterocycles. The maximum absolute atomic E-state index is 10.7. The van der Waals surface area contributed by atoms with Crippen LogP contribution in [0, 0.1) is 34.0 Å². The van der Waals surface area contributed by atoms with Crippen molar-refractivity contribution in [3.63, 3.8) is 0 Å². The van der Waals surface area contributed by atoms with E-state index in [2.05, 4.69) is 234 Å². The van der Waals surface area contributed by atoms with Crippen molar-refractivity contribution in [1.29, 1.82) is 15.8 Å². The minimum absolute atomic E-state index is 0.412. The molecule has 98 heavy (non-hydrogen) atoms. The monoisotopic (exact) mass is 1250 g/mol. The third-order valence-electron chi connectivity index (χ3n) is 18.7. The molecule has 0 bridgehead atoms.